The van der Waals surface area contributed by atoms with Crippen LogP contribution in [0.2, 0.25) is 0 Å². The van der Waals surface area contributed by atoms with Gasteiger partial charge in [0.2, 0.25) is 0 Å². The van der Waals surface area contributed by atoms with E-state index in [1.54, 1.807) is 0 Å². The molecular formula is C27H46O2. The first kappa shape index (κ1) is 21.8. The molecule has 0 aliphatic heterocycles. The van der Waals surface area contributed by atoms with Gasteiger partial charge in [-0.05, 0) is 91.3 Å². The van der Waals surface area contributed by atoms with E-state index >= 15 is 0 Å². The van der Waals surface area contributed by atoms with Crippen molar-refractivity contribution < 1.29 is 9.90 Å². The Bertz CT molecular complexity index is 612. The molecule has 0 saturated heterocycles. The molecule has 1 N–H and O–H groups in total. The van der Waals surface area contributed by atoms with Crippen molar-refractivity contribution in [3.8, 4) is 0 Å². The van der Waals surface area contributed by atoms with Crippen LogP contribution in [0.1, 0.15) is 105 Å². The minimum atomic E-state index is -0.245. The van der Waals surface area contributed by atoms with Crippen LogP contribution in [0.4, 0.5) is 0 Å². The quantitative estimate of drug-likeness (QED) is 0.559. The number of carbonyl (C=O) groups excluding carboxylic acids is 1. The molecule has 0 aromatic heterocycles. The van der Waals surface area contributed by atoms with Gasteiger partial charge in [0.25, 0.3) is 0 Å². The third-order valence-electron chi connectivity index (χ3n) is 10.6. The van der Waals surface area contributed by atoms with E-state index < -0.39 is 0 Å². The van der Waals surface area contributed by atoms with Crippen molar-refractivity contribution in [2.24, 2.45) is 52.3 Å². The maximum Gasteiger partial charge on any atom is 0.136 e. The number of carbonyl (C=O) groups is 1. The number of fused-ring (bicyclic) bond motifs is 5. The van der Waals surface area contributed by atoms with Gasteiger partial charge in [-0.1, -0.05) is 53.9 Å². The van der Waals surface area contributed by atoms with Gasteiger partial charge >= 0.3 is 0 Å². The summed E-state index contributed by atoms with van der Waals surface area (Å²) in [7, 11) is 0. The summed E-state index contributed by atoms with van der Waals surface area (Å²) < 4.78 is 0. The van der Waals surface area contributed by atoms with Crippen molar-refractivity contribution in [2.75, 3.05) is 0 Å². The van der Waals surface area contributed by atoms with E-state index in [9.17, 15) is 9.90 Å². The van der Waals surface area contributed by atoms with Crippen LogP contribution >= 0.6 is 0 Å². The van der Waals surface area contributed by atoms with E-state index in [2.05, 4.69) is 34.6 Å². The lowest BCUT2D eigenvalue weighted by atomic mass is 9.44. The highest BCUT2D eigenvalue weighted by Crippen LogP contribution is 2.67. The first-order valence-electron chi connectivity index (χ1n) is 12.9. The summed E-state index contributed by atoms with van der Waals surface area (Å²) in [5, 5.41) is 10.2. The summed E-state index contributed by atoms with van der Waals surface area (Å²) in [5.74, 6) is 5.21. The zero-order chi connectivity index (χ0) is 21.0. The average molecular weight is 403 g/mol. The van der Waals surface area contributed by atoms with E-state index in [0.717, 1.165) is 49.4 Å². The zero-order valence-corrected chi connectivity index (χ0v) is 19.8. The first-order chi connectivity index (χ1) is 13.7. The fraction of sp³-hybridized carbons (Fsp3) is 0.963. The van der Waals surface area contributed by atoms with Gasteiger partial charge < -0.3 is 5.11 Å². The van der Waals surface area contributed by atoms with Crippen LogP contribution in [0.3, 0.4) is 0 Å². The van der Waals surface area contributed by atoms with Crippen LogP contribution in [0.5, 0.6) is 0 Å². The largest absolute Gasteiger partial charge is 0.393 e. The maximum atomic E-state index is 13.2. The second kappa shape index (κ2) is 7.95. The van der Waals surface area contributed by atoms with Crippen molar-refractivity contribution in [1.29, 1.82) is 0 Å². The van der Waals surface area contributed by atoms with Crippen molar-refractivity contribution in [1.82, 2.24) is 0 Å². The van der Waals surface area contributed by atoms with Crippen LogP contribution in [-0.2, 0) is 4.79 Å². The molecule has 4 rings (SSSR count). The normalized spacial score (nSPS) is 48.2. The molecule has 0 radical (unpaired) electrons. The number of aliphatic hydroxyl groups is 1. The summed E-state index contributed by atoms with van der Waals surface area (Å²) >= 11 is 0. The second-order valence-electron chi connectivity index (χ2n) is 12.6. The Balaban J connectivity index is 1.50. The molecule has 0 aromatic rings. The van der Waals surface area contributed by atoms with Gasteiger partial charge in [-0.2, -0.15) is 0 Å². The highest BCUT2D eigenvalue weighted by Gasteiger charge is 2.62. The lowest BCUT2D eigenvalue weighted by Gasteiger charge is -2.60. The highest BCUT2D eigenvalue weighted by atomic mass is 16.3. The summed E-state index contributed by atoms with van der Waals surface area (Å²) in [5.41, 5.74) is 0.609. The molecule has 4 aliphatic rings. The average Bonchev–Trinajstić information content (AvgIpc) is 3.00. The Hall–Kier alpha value is -0.370. The molecule has 4 fully saturated rings. The molecule has 29 heavy (non-hydrogen) atoms. The van der Waals surface area contributed by atoms with Gasteiger partial charge in [-0.15, -0.1) is 0 Å². The lowest BCUT2D eigenvalue weighted by Crippen LogP contribution is -2.57. The number of Topliss-reactive ketones (excluding diaryl/α,β-unsaturated/α-hetero) is 1. The van der Waals surface area contributed by atoms with Crippen LogP contribution in [-0.4, -0.2) is 17.0 Å². The maximum absolute atomic E-state index is 13.2. The molecule has 0 unspecified atom stereocenters. The Morgan fingerprint density at radius 3 is 2.38 bits per heavy atom. The Morgan fingerprint density at radius 2 is 1.66 bits per heavy atom. The Morgan fingerprint density at radius 1 is 0.966 bits per heavy atom. The molecule has 0 spiro atoms. The minimum Gasteiger partial charge on any atom is -0.393 e. The Labute approximate surface area is 179 Å². The number of rotatable bonds is 5. The van der Waals surface area contributed by atoms with Crippen LogP contribution in [0.15, 0.2) is 0 Å². The second-order valence-corrected chi connectivity index (χ2v) is 12.6. The fourth-order valence-corrected chi connectivity index (χ4v) is 9.04. The number of aliphatic hydroxyl groups excluding tert-OH is 1. The fourth-order valence-electron chi connectivity index (χ4n) is 9.04. The van der Waals surface area contributed by atoms with Gasteiger partial charge in [0, 0.05) is 12.3 Å². The number of hydrogen-bond donors (Lipinski definition) is 1. The summed E-state index contributed by atoms with van der Waals surface area (Å²) in [6, 6.07) is 0. The summed E-state index contributed by atoms with van der Waals surface area (Å²) in [6.45, 7) is 12.2. The van der Waals surface area contributed by atoms with E-state index in [1.165, 1.54) is 44.9 Å². The van der Waals surface area contributed by atoms with Gasteiger partial charge in [-0.3, -0.25) is 4.79 Å². The highest BCUT2D eigenvalue weighted by molar-refractivity contribution is 5.83. The molecular weight excluding hydrogens is 356 g/mol. The lowest BCUT2D eigenvalue weighted by molar-refractivity contribution is -0.160. The molecule has 2 nitrogen and oxygen atoms in total. The standard InChI is InChI=1S/C27H46O2/c1-17(2)7-6-8-18(3)21-9-10-22-20-16-25(29)24-15-19(28)11-13-27(24,5)23(20)12-14-26(21,22)4/h17-24,28H,6-16H2,1-5H3/t18-,19-,20+,21-,22+,23+,24+,26-,27-/m0/s1. The first-order valence-corrected chi connectivity index (χ1v) is 12.9. The van der Waals surface area contributed by atoms with Crippen molar-refractivity contribution >= 4 is 5.78 Å². The molecule has 9 atom stereocenters. The van der Waals surface area contributed by atoms with E-state index in [4.69, 9.17) is 0 Å². The smallest absolute Gasteiger partial charge is 0.136 e. The van der Waals surface area contributed by atoms with Crippen molar-refractivity contribution in [3.05, 3.63) is 0 Å². The number of hydrogen-bond acceptors (Lipinski definition) is 2. The van der Waals surface area contributed by atoms with Gasteiger partial charge in [0.1, 0.15) is 5.78 Å². The zero-order valence-electron chi connectivity index (χ0n) is 19.8. The van der Waals surface area contributed by atoms with Crippen LogP contribution < -0.4 is 0 Å². The molecule has 2 heteroatoms. The third-order valence-corrected chi connectivity index (χ3v) is 10.6. The topological polar surface area (TPSA) is 37.3 Å². The predicted molar refractivity (Wildman–Crippen MR) is 119 cm³/mol. The van der Waals surface area contributed by atoms with E-state index in [-0.39, 0.29) is 17.4 Å². The van der Waals surface area contributed by atoms with Crippen LogP contribution in [0.25, 0.3) is 0 Å². The molecule has 4 saturated carbocycles. The van der Waals surface area contributed by atoms with E-state index in [0.29, 0.717) is 23.0 Å². The molecule has 0 amide bonds. The van der Waals surface area contributed by atoms with Crippen LogP contribution in [0, 0.1) is 52.3 Å². The predicted octanol–water partition coefficient (Wildman–Crippen LogP) is 6.65. The summed E-state index contributed by atoms with van der Waals surface area (Å²) in [6.07, 6.45) is 12.8. The summed E-state index contributed by atoms with van der Waals surface area (Å²) in [4.78, 5) is 13.2. The SMILES string of the molecule is CC(C)CCC[C@H](C)[C@@H]1CC[C@@H]2[C@H]3CC(=O)[C@H]4C[C@@H](O)CC[C@@]4(C)[C@@H]3CC[C@]21C. The number of ketones is 1. The molecule has 0 aromatic carbocycles. The van der Waals surface area contributed by atoms with Gasteiger partial charge in [0.15, 0.2) is 0 Å². The Kier molecular flexibility index (Phi) is 5.99. The molecule has 166 valence electrons. The molecule has 4 aliphatic carbocycles. The molecule has 0 heterocycles. The van der Waals surface area contributed by atoms with Crippen molar-refractivity contribution in [2.45, 2.75) is 111 Å². The third kappa shape index (κ3) is 3.64. The van der Waals surface area contributed by atoms with Gasteiger partial charge in [0.05, 0.1) is 6.10 Å². The monoisotopic (exact) mass is 402 g/mol. The van der Waals surface area contributed by atoms with Gasteiger partial charge in [-0.25, -0.2) is 0 Å². The molecule has 0 bridgehead atoms. The minimum absolute atomic E-state index is 0.129. The van der Waals surface area contributed by atoms with Crippen molar-refractivity contribution in [3.63, 3.8) is 0 Å². The van der Waals surface area contributed by atoms with E-state index in [1.807, 2.05) is 0 Å².